The average molecular weight is 432 g/mol. The first kappa shape index (κ1) is 21.7. The van der Waals surface area contributed by atoms with E-state index < -0.39 is 0 Å². The second-order valence-electron chi connectivity index (χ2n) is 8.53. The molecule has 0 radical (unpaired) electrons. The maximum Gasteiger partial charge on any atom is 0.271 e. The Morgan fingerprint density at radius 1 is 1.21 bits per heavy atom. The fourth-order valence-corrected chi connectivity index (χ4v) is 4.69. The molecule has 2 aromatic carbocycles. The van der Waals surface area contributed by atoms with Crippen molar-refractivity contribution in [2.45, 2.75) is 58.5 Å². The Bertz CT molecular complexity index is 953. The topological polar surface area (TPSA) is 44.7 Å². The standard InChI is InChI=1S/C23H27Cl2N3O/c1-14(2)28-21-9-6-16(10-18(21)15(3)12-23(28,4)5)13-26-27-22(29)17-7-8-19(24)20(25)11-17/h6-11,13-15H,12H2,1-5H3,(H,27,29)/b26-13-/t15-/m1/s1. The van der Waals surface area contributed by atoms with Gasteiger partial charge in [0.05, 0.1) is 16.3 Å². The van der Waals surface area contributed by atoms with Gasteiger partial charge in [-0.25, -0.2) is 5.43 Å². The van der Waals surface area contributed by atoms with Gasteiger partial charge in [-0.1, -0.05) is 36.2 Å². The number of hydrogen-bond acceptors (Lipinski definition) is 3. The zero-order valence-electron chi connectivity index (χ0n) is 17.5. The van der Waals surface area contributed by atoms with E-state index in [4.69, 9.17) is 23.2 Å². The molecule has 0 fully saturated rings. The minimum Gasteiger partial charge on any atom is -0.364 e. The zero-order valence-corrected chi connectivity index (χ0v) is 19.0. The third-order valence-electron chi connectivity index (χ3n) is 5.38. The number of hydrogen-bond donors (Lipinski definition) is 1. The van der Waals surface area contributed by atoms with Crippen LogP contribution in [0.2, 0.25) is 10.0 Å². The summed E-state index contributed by atoms with van der Waals surface area (Å²) < 4.78 is 0. The lowest BCUT2D eigenvalue weighted by atomic mass is 9.79. The van der Waals surface area contributed by atoms with E-state index >= 15 is 0 Å². The van der Waals surface area contributed by atoms with Crippen molar-refractivity contribution in [3.63, 3.8) is 0 Å². The first-order valence-electron chi connectivity index (χ1n) is 9.82. The number of anilines is 1. The van der Waals surface area contributed by atoms with Crippen LogP contribution in [0.3, 0.4) is 0 Å². The van der Waals surface area contributed by atoms with Gasteiger partial charge < -0.3 is 4.90 Å². The highest BCUT2D eigenvalue weighted by atomic mass is 35.5. The van der Waals surface area contributed by atoms with Gasteiger partial charge in [0.15, 0.2) is 0 Å². The van der Waals surface area contributed by atoms with Gasteiger partial charge in [0.25, 0.3) is 5.91 Å². The first-order valence-corrected chi connectivity index (χ1v) is 10.6. The number of amides is 1. The molecule has 1 N–H and O–H groups in total. The van der Waals surface area contributed by atoms with Crippen molar-refractivity contribution in [3.8, 4) is 0 Å². The van der Waals surface area contributed by atoms with Crippen LogP contribution in [-0.4, -0.2) is 23.7 Å². The second-order valence-corrected chi connectivity index (χ2v) is 9.34. The van der Waals surface area contributed by atoms with E-state index in [1.54, 1.807) is 18.3 Å². The molecule has 0 unspecified atom stereocenters. The third kappa shape index (κ3) is 4.59. The van der Waals surface area contributed by atoms with Gasteiger partial charge >= 0.3 is 0 Å². The molecule has 0 saturated carbocycles. The molecule has 1 amide bonds. The van der Waals surface area contributed by atoms with Crippen LogP contribution in [0.4, 0.5) is 5.69 Å². The van der Waals surface area contributed by atoms with Crippen molar-refractivity contribution in [1.29, 1.82) is 0 Å². The molecule has 1 heterocycles. The summed E-state index contributed by atoms with van der Waals surface area (Å²) in [6.45, 7) is 11.3. The number of hydrazone groups is 1. The molecular weight excluding hydrogens is 405 g/mol. The Hall–Kier alpha value is -2.04. The molecule has 29 heavy (non-hydrogen) atoms. The smallest absolute Gasteiger partial charge is 0.271 e. The van der Waals surface area contributed by atoms with Gasteiger partial charge in [0.2, 0.25) is 0 Å². The van der Waals surface area contributed by atoms with E-state index in [1.165, 1.54) is 17.3 Å². The van der Waals surface area contributed by atoms with E-state index in [-0.39, 0.29) is 11.4 Å². The van der Waals surface area contributed by atoms with E-state index in [9.17, 15) is 4.79 Å². The Labute approximate surface area is 182 Å². The van der Waals surface area contributed by atoms with Crippen LogP contribution < -0.4 is 10.3 Å². The predicted octanol–water partition coefficient (Wildman–Crippen LogP) is 6.26. The monoisotopic (exact) mass is 431 g/mol. The molecule has 3 rings (SSSR count). The molecule has 1 aliphatic heterocycles. The van der Waals surface area contributed by atoms with Gasteiger partial charge in [0, 0.05) is 22.8 Å². The number of carbonyl (C=O) groups excluding carboxylic acids is 1. The lowest BCUT2D eigenvalue weighted by Gasteiger charge is -2.50. The van der Waals surface area contributed by atoms with Crippen molar-refractivity contribution < 1.29 is 4.79 Å². The number of fused-ring (bicyclic) bond motifs is 1. The predicted molar refractivity (Wildman–Crippen MR) is 123 cm³/mol. The lowest BCUT2D eigenvalue weighted by Crippen LogP contribution is -2.51. The second kappa shape index (κ2) is 8.37. The summed E-state index contributed by atoms with van der Waals surface area (Å²) in [5, 5.41) is 4.86. The fourth-order valence-electron chi connectivity index (χ4n) is 4.40. The van der Waals surface area contributed by atoms with Crippen molar-refractivity contribution >= 4 is 41.0 Å². The largest absolute Gasteiger partial charge is 0.364 e. The molecule has 0 aliphatic carbocycles. The summed E-state index contributed by atoms with van der Waals surface area (Å²) in [6.07, 6.45) is 2.76. The Morgan fingerprint density at radius 3 is 2.59 bits per heavy atom. The Balaban J connectivity index is 1.78. The van der Waals surface area contributed by atoms with E-state index in [0.717, 1.165) is 12.0 Å². The summed E-state index contributed by atoms with van der Waals surface area (Å²) in [7, 11) is 0. The lowest BCUT2D eigenvalue weighted by molar-refractivity contribution is 0.0955. The summed E-state index contributed by atoms with van der Waals surface area (Å²) >= 11 is 11.9. The highest BCUT2D eigenvalue weighted by Crippen LogP contribution is 2.44. The van der Waals surface area contributed by atoms with Crippen LogP contribution in [0.5, 0.6) is 0 Å². The quantitative estimate of drug-likeness (QED) is 0.458. The van der Waals surface area contributed by atoms with Crippen molar-refractivity contribution in [2.75, 3.05) is 4.90 Å². The highest BCUT2D eigenvalue weighted by molar-refractivity contribution is 6.42. The number of rotatable bonds is 4. The summed E-state index contributed by atoms with van der Waals surface area (Å²) in [5.41, 5.74) is 6.61. The third-order valence-corrected chi connectivity index (χ3v) is 6.12. The molecule has 1 aliphatic rings. The van der Waals surface area contributed by atoms with Gasteiger partial charge in [-0.15, -0.1) is 0 Å². The molecule has 154 valence electrons. The number of carbonyl (C=O) groups is 1. The summed E-state index contributed by atoms with van der Waals surface area (Å²) in [5.74, 6) is 0.119. The molecule has 0 saturated heterocycles. The van der Waals surface area contributed by atoms with E-state index in [1.807, 2.05) is 6.07 Å². The molecular formula is C23H27Cl2N3O. The molecule has 0 spiro atoms. The molecule has 2 aromatic rings. The van der Waals surface area contributed by atoms with Crippen LogP contribution in [-0.2, 0) is 0 Å². The van der Waals surface area contributed by atoms with Crippen molar-refractivity contribution in [1.82, 2.24) is 5.43 Å². The van der Waals surface area contributed by atoms with Crippen molar-refractivity contribution in [3.05, 3.63) is 63.1 Å². The van der Waals surface area contributed by atoms with Gasteiger partial charge in [-0.2, -0.15) is 5.10 Å². The highest BCUT2D eigenvalue weighted by Gasteiger charge is 2.37. The summed E-state index contributed by atoms with van der Waals surface area (Å²) in [6, 6.07) is 11.5. The fraction of sp³-hybridized carbons (Fsp3) is 0.391. The maximum absolute atomic E-state index is 12.2. The SMILES string of the molecule is CC(C)N1c2ccc(/C=N\NC(=O)c3ccc(Cl)c(Cl)c3)cc2[C@H](C)CC1(C)C. The molecule has 1 atom stereocenters. The minimum atomic E-state index is -0.334. The van der Waals surface area contributed by atoms with E-state index in [0.29, 0.717) is 27.6 Å². The van der Waals surface area contributed by atoms with Crippen LogP contribution >= 0.6 is 23.2 Å². The van der Waals surface area contributed by atoms with Crippen LogP contribution in [0, 0.1) is 0 Å². The van der Waals surface area contributed by atoms with Crippen LogP contribution in [0.1, 0.15) is 68.4 Å². The van der Waals surface area contributed by atoms with Crippen LogP contribution in [0.15, 0.2) is 41.5 Å². The zero-order chi connectivity index (χ0) is 21.3. The van der Waals surface area contributed by atoms with Crippen molar-refractivity contribution in [2.24, 2.45) is 5.10 Å². The first-order chi connectivity index (χ1) is 13.6. The number of nitrogens with zero attached hydrogens (tertiary/aromatic N) is 2. The molecule has 4 nitrogen and oxygen atoms in total. The molecule has 0 bridgehead atoms. The average Bonchev–Trinajstić information content (AvgIpc) is 2.63. The summed E-state index contributed by atoms with van der Waals surface area (Å²) in [4.78, 5) is 14.7. The number of halogens is 2. The molecule has 0 aromatic heterocycles. The van der Waals surface area contributed by atoms with Gasteiger partial charge in [0.1, 0.15) is 0 Å². The van der Waals surface area contributed by atoms with Gasteiger partial charge in [-0.05, 0) is 81.5 Å². The Kier molecular flexibility index (Phi) is 6.25. The number of nitrogens with one attached hydrogen (secondary N) is 1. The van der Waals surface area contributed by atoms with E-state index in [2.05, 4.69) is 62.2 Å². The number of benzene rings is 2. The minimum absolute atomic E-state index is 0.115. The van der Waals surface area contributed by atoms with Crippen LogP contribution in [0.25, 0.3) is 0 Å². The Morgan fingerprint density at radius 2 is 1.93 bits per heavy atom. The molecule has 6 heteroatoms. The normalized spacial score (nSPS) is 18.2. The maximum atomic E-state index is 12.2. The van der Waals surface area contributed by atoms with Gasteiger partial charge in [-0.3, -0.25) is 4.79 Å².